The second kappa shape index (κ2) is 2.89. The SMILES string of the molecule is CCC(C)(N)[C@@](C)(N)CC. The summed E-state index contributed by atoms with van der Waals surface area (Å²) in [6, 6.07) is 0. The minimum absolute atomic E-state index is 0.234. The van der Waals surface area contributed by atoms with E-state index in [-0.39, 0.29) is 11.1 Å². The van der Waals surface area contributed by atoms with Crippen LogP contribution in [-0.2, 0) is 0 Å². The molecule has 62 valence electrons. The first kappa shape index (κ1) is 9.92. The van der Waals surface area contributed by atoms with E-state index < -0.39 is 0 Å². The van der Waals surface area contributed by atoms with Gasteiger partial charge in [-0.05, 0) is 26.7 Å². The van der Waals surface area contributed by atoms with Crippen molar-refractivity contribution in [2.45, 2.75) is 51.6 Å². The van der Waals surface area contributed by atoms with Gasteiger partial charge in [0.25, 0.3) is 0 Å². The topological polar surface area (TPSA) is 52.0 Å². The molecule has 0 bridgehead atoms. The van der Waals surface area contributed by atoms with Crippen LogP contribution in [0.2, 0.25) is 0 Å². The fourth-order valence-electron chi connectivity index (χ4n) is 0.808. The van der Waals surface area contributed by atoms with E-state index in [9.17, 15) is 0 Å². The Morgan fingerprint density at radius 1 is 0.900 bits per heavy atom. The second-order valence-corrected chi connectivity index (χ2v) is 3.54. The highest BCUT2D eigenvalue weighted by atomic mass is 14.9. The van der Waals surface area contributed by atoms with Crippen LogP contribution in [0, 0.1) is 0 Å². The fourth-order valence-corrected chi connectivity index (χ4v) is 0.808. The van der Waals surface area contributed by atoms with E-state index in [1.807, 2.05) is 13.8 Å². The van der Waals surface area contributed by atoms with Gasteiger partial charge in [0.2, 0.25) is 0 Å². The molecule has 0 aromatic carbocycles. The number of nitrogens with two attached hydrogens (primary N) is 2. The molecule has 0 saturated heterocycles. The maximum atomic E-state index is 5.98. The predicted molar refractivity (Wildman–Crippen MR) is 45.8 cm³/mol. The lowest BCUT2D eigenvalue weighted by molar-refractivity contribution is 0.244. The van der Waals surface area contributed by atoms with E-state index in [0.717, 1.165) is 12.8 Å². The highest BCUT2D eigenvalue weighted by Gasteiger charge is 2.34. The first-order chi connectivity index (χ1) is 4.37. The zero-order valence-electron chi connectivity index (χ0n) is 7.57. The zero-order chi connectivity index (χ0) is 8.41. The van der Waals surface area contributed by atoms with Gasteiger partial charge in [0.1, 0.15) is 0 Å². The van der Waals surface area contributed by atoms with Crippen LogP contribution >= 0.6 is 0 Å². The third kappa shape index (κ3) is 1.70. The summed E-state index contributed by atoms with van der Waals surface area (Å²) in [6.07, 6.45) is 1.85. The summed E-state index contributed by atoms with van der Waals surface area (Å²) in [5.41, 5.74) is 11.5. The quantitative estimate of drug-likeness (QED) is 0.626. The van der Waals surface area contributed by atoms with Crippen LogP contribution in [0.3, 0.4) is 0 Å². The standard InChI is InChI=1S/C8H20N2/c1-5-7(3,9)8(4,10)6-2/h5-6,9-10H2,1-4H3/t7-,8?/m0/s1. The van der Waals surface area contributed by atoms with E-state index in [2.05, 4.69) is 13.8 Å². The van der Waals surface area contributed by atoms with Crippen LogP contribution in [0.25, 0.3) is 0 Å². The Kier molecular flexibility index (Phi) is 2.86. The van der Waals surface area contributed by atoms with Gasteiger partial charge in [-0.2, -0.15) is 0 Å². The summed E-state index contributed by atoms with van der Waals surface area (Å²) >= 11 is 0. The van der Waals surface area contributed by atoms with Crippen LogP contribution in [-0.4, -0.2) is 11.1 Å². The van der Waals surface area contributed by atoms with Gasteiger partial charge < -0.3 is 11.5 Å². The summed E-state index contributed by atoms with van der Waals surface area (Å²) < 4.78 is 0. The summed E-state index contributed by atoms with van der Waals surface area (Å²) in [7, 11) is 0. The monoisotopic (exact) mass is 144 g/mol. The fraction of sp³-hybridized carbons (Fsp3) is 1.00. The molecule has 0 saturated carbocycles. The lowest BCUT2D eigenvalue weighted by Gasteiger charge is -2.39. The molecule has 4 N–H and O–H groups in total. The largest absolute Gasteiger partial charge is 0.324 e. The normalized spacial score (nSPS) is 23.4. The first-order valence-electron chi connectivity index (χ1n) is 3.95. The molecular formula is C8H20N2. The molecule has 0 spiro atoms. The van der Waals surface area contributed by atoms with Gasteiger partial charge in [0.15, 0.2) is 0 Å². The Labute approximate surface area is 64.0 Å². The summed E-state index contributed by atoms with van der Waals surface area (Å²) in [6.45, 7) is 8.16. The van der Waals surface area contributed by atoms with Crippen LogP contribution in [0.15, 0.2) is 0 Å². The van der Waals surface area contributed by atoms with Gasteiger partial charge in [-0.25, -0.2) is 0 Å². The van der Waals surface area contributed by atoms with Gasteiger partial charge in [-0.15, -0.1) is 0 Å². The smallest absolute Gasteiger partial charge is 0.0302 e. The summed E-state index contributed by atoms with van der Waals surface area (Å²) in [5, 5.41) is 0. The molecule has 0 aliphatic rings. The molecular weight excluding hydrogens is 124 g/mol. The van der Waals surface area contributed by atoms with E-state index in [1.165, 1.54) is 0 Å². The van der Waals surface area contributed by atoms with Gasteiger partial charge in [0, 0.05) is 11.1 Å². The maximum Gasteiger partial charge on any atom is 0.0302 e. The molecule has 0 aromatic heterocycles. The Morgan fingerprint density at radius 3 is 1.20 bits per heavy atom. The zero-order valence-corrected chi connectivity index (χ0v) is 7.57. The average molecular weight is 144 g/mol. The van der Waals surface area contributed by atoms with Crippen LogP contribution in [0.5, 0.6) is 0 Å². The highest BCUT2D eigenvalue weighted by Crippen LogP contribution is 2.22. The van der Waals surface area contributed by atoms with Crippen molar-refractivity contribution >= 4 is 0 Å². The molecule has 2 atom stereocenters. The predicted octanol–water partition coefficient (Wildman–Crippen LogP) is 1.24. The average Bonchev–Trinajstić information content (AvgIpc) is 1.88. The summed E-state index contributed by atoms with van der Waals surface area (Å²) in [5.74, 6) is 0. The van der Waals surface area contributed by atoms with E-state index in [1.54, 1.807) is 0 Å². The van der Waals surface area contributed by atoms with Gasteiger partial charge in [-0.1, -0.05) is 13.8 Å². The molecule has 0 amide bonds. The number of rotatable bonds is 3. The lowest BCUT2D eigenvalue weighted by Crippen LogP contribution is -2.61. The van der Waals surface area contributed by atoms with E-state index in [4.69, 9.17) is 11.5 Å². The molecule has 0 rings (SSSR count). The molecule has 0 fully saturated rings. The maximum absolute atomic E-state index is 5.98. The highest BCUT2D eigenvalue weighted by molar-refractivity contribution is 4.99. The van der Waals surface area contributed by atoms with Crippen molar-refractivity contribution in [1.82, 2.24) is 0 Å². The molecule has 1 unspecified atom stereocenters. The van der Waals surface area contributed by atoms with Crippen molar-refractivity contribution in [3.8, 4) is 0 Å². The Morgan fingerprint density at radius 2 is 1.10 bits per heavy atom. The minimum atomic E-state index is -0.234. The van der Waals surface area contributed by atoms with Crippen molar-refractivity contribution in [2.24, 2.45) is 11.5 Å². The van der Waals surface area contributed by atoms with E-state index in [0.29, 0.717) is 0 Å². The molecule has 0 aromatic rings. The molecule has 0 radical (unpaired) electrons. The molecule has 0 aliphatic heterocycles. The van der Waals surface area contributed by atoms with Crippen molar-refractivity contribution in [1.29, 1.82) is 0 Å². The summed E-state index contributed by atoms with van der Waals surface area (Å²) in [4.78, 5) is 0. The number of hydrogen-bond acceptors (Lipinski definition) is 2. The minimum Gasteiger partial charge on any atom is -0.324 e. The van der Waals surface area contributed by atoms with Crippen molar-refractivity contribution in [3.05, 3.63) is 0 Å². The van der Waals surface area contributed by atoms with Gasteiger partial charge in [0.05, 0.1) is 0 Å². The Hall–Kier alpha value is -0.0800. The van der Waals surface area contributed by atoms with Crippen LogP contribution in [0.4, 0.5) is 0 Å². The van der Waals surface area contributed by atoms with Gasteiger partial charge >= 0.3 is 0 Å². The third-order valence-electron chi connectivity index (χ3n) is 2.77. The van der Waals surface area contributed by atoms with Crippen molar-refractivity contribution in [2.75, 3.05) is 0 Å². The molecule has 10 heavy (non-hydrogen) atoms. The molecule has 2 nitrogen and oxygen atoms in total. The molecule has 0 heterocycles. The lowest BCUT2D eigenvalue weighted by atomic mass is 9.77. The van der Waals surface area contributed by atoms with Crippen molar-refractivity contribution < 1.29 is 0 Å². The third-order valence-corrected chi connectivity index (χ3v) is 2.77. The van der Waals surface area contributed by atoms with Gasteiger partial charge in [-0.3, -0.25) is 0 Å². The molecule has 2 heteroatoms. The number of hydrogen-bond donors (Lipinski definition) is 2. The van der Waals surface area contributed by atoms with E-state index >= 15 is 0 Å². The van der Waals surface area contributed by atoms with Crippen molar-refractivity contribution in [3.63, 3.8) is 0 Å². The first-order valence-corrected chi connectivity index (χ1v) is 3.95. The Balaban J connectivity index is 4.28. The Bertz CT molecular complexity index is 91.8. The van der Waals surface area contributed by atoms with Crippen LogP contribution < -0.4 is 11.5 Å². The van der Waals surface area contributed by atoms with Crippen LogP contribution in [0.1, 0.15) is 40.5 Å². The second-order valence-electron chi connectivity index (χ2n) is 3.54. The molecule has 0 aliphatic carbocycles.